The molecular weight excluding hydrogens is 663 g/mol. The maximum atomic E-state index is 6.46. The summed E-state index contributed by atoms with van der Waals surface area (Å²) in [4.78, 5) is 15.1. The first-order chi connectivity index (χ1) is 26.7. The highest BCUT2D eigenvalue weighted by Gasteiger charge is 2.23. The van der Waals surface area contributed by atoms with Crippen LogP contribution in [0.1, 0.15) is 23.3 Å². The van der Waals surface area contributed by atoms with Crippen LogP contribution in [-0.4, -0.2) is 15.0 Å². The Bertz CT molecular complexity index is 3100. The van der Waals surface area contributed by atoms with Crippen molar-refractivity contribution >= 4 is 49.3 Å². The molecular formula is C49H31N3O2. The van der Waals surface area contributed by atoms with Crippen LogP contribution in [0.3, 0.4) is 0 Å². The second-order valence-corrected chi connectivity index (χ2v) is 13.9. The molecule has 5 nitrogen and oxygen atoms in total. The SMILES string of the molecule is C1=C(c2ccc3ccc(-c4nc(-c5ccccc5)nc(-c5ccc6c(c5)oc5ccccc56)n4)cc3c2)c2c(oc3ccc(-c4ccccc4)cc23)CC1. The predicted octanol–water partition coefficient (Wildman–Crippen LogP) is 12.7. The lowest BCUT2D eigenvalue weighted by Gasteiger charge is -2.15. The van der Waals surface area contributed by atoms with E-state index in [1.807, 2.05) is 54.6 Å². The van der Waals surface area contributed by atoms with Gasteiger partial charge < -0.3 is 8.83 Å². The molecule has 0 amide bonds. The van der Waals surface area contributed by atoms with Crippen LogP contribution in [-0.2, 0) is 6.42 Å². The summed E-state index contributed by atoms with van der Waals surface area (Å²) in [6.45, 7) is 0. The van der Waals surface area contributed by atoms with Gasteiger partial charge in [0.1, 0.15) is 22.5 Å². The number of benzene rings is 7. The summed E-state index contributed by atoms with van der Waals surface area (Å²) in [5.74, 6) is 2.88. The molecule has 10 aromatic rings. The molecule has 0 saturated carbocycles. The Morgan fingerprint density at radius 3 is 1.81 bits per heavy atom. The minimum Gasteiger partial charge on any atom is -0.460 e. The summed E-state index contributed by atoms with van der Waals surface area (Å²) in [5.41, 5.74) is 11.3. The molecule has 0 aliphatic heterocycles. The first-order valence-electron chi connectivity index (χ1n) is 18.3. The Labute approximate surface area is 310 Å². The zero-order valence-electron chi connectivity index (χ0n) is 29.2. The third kappa shape index (κ3) is 5.13. The van der Waals surface area contributed by atoms with Gasteiger partial charge in [0.15, 0.2) is 17.5 Å². The van der Waals surface area contributed by atoms with Gasteiger partial charge >= 0.3 is 0 Å². The average molecular weight is 694 g/mol. The van der Waals surface area contributed by atoms with Gasteiger partial charge in [0.2, 0.25) is 0 Å². The summed E-state index contributed by atoms with van der Waals surface area (Å²) in [7, 11) is 0. The van der Waals surface area contributed by atoms with Crippen LogP contribution in [0, 0.1) is 0 Å². The van der Waals surface area contributed by atoms with E-state index in [0.717, 1.165) is 84.5 Å². The summed E-state index contributed by atoms with van der Waals surface area (Å²) < 4.78 is 12.7. The van der Waals surface area contributed by atoms with E-state index in [9.17, 15) is 0 Å². The van der Waals surface area contributed by atoms with Crippen molar-refractivity contribution in [2.45, 2.75) is 12.8 Å². The van der Waals surface area contributed by atoms with Crippen molar-refractivity contribution in [2.24, 2.45) is 0 Å². The zero-order chi connectivity index (χ0) is 35.6. The number of aromatic nitrogens is 3. The van der Waals surface area contributed by atoms with E-state index in [1.54, 1.807) is 0 Å². The largest absolute Gasteiger partial charge is 0.460 e. The number of rotatable bonds is 5. The first kappa shape index (κ1) is 30.5. The van der Waals surface area contributed by atoms with E-state index in [0.29, 0.717) is 17.5 Å². The highest BCUT2D eigenvalue weighted by Crippen LogP contribution is 2.41. The van der Waals surface area contributed by atoms with Gasteiger partial charge in [-0.25, -0.2) is 15.0 Å². The second-order valence-electron chi connectivity index (χ2n) is 13.9. The van der Waals surface area contributed by atoms with Gasteiger partial charge in [-0.2, -0.15) is 0 Å². The normalized spacial score (nSPS) is 12.8. The Morgan fingerprint density at radius 2 is 1.00 bits per heavy atom. The molecule has 0 atom stereocenters. The van der Waals surface area contributed by atoms with Crippen LogP contribution in [0.5, 0.6) is 0 Å². The molecule has 0 unspecified atom stereocenters. The maximum Gasteiger partial charge on any atom is 0.164 e. The highest BCUT2D eigenvalue weighted by molar-refractivity contribution is 6.06. The van der Waals surface area contributed by atoms with E-state index in [2.05, 4.69) is 109 Å². The van der Waals surface area contributed by atoms with E-state index in [1.165, 1.54) is 22.3 Å². The molecule has 0 N–H and O–H groups in total. The quantitative estimate of drug-likeness (QED) is 0.179. The summed E-state index contributed by atoms with van der Waals surface area (Å²) in [5, 5.41) is 5.57. The van der Waals surface area contributed by atoms with Gasteiger partial charge in [-0.1, -0.05) is 121 Å². The fraction of sp³-hybridized carbons (Fsp3) is 0.0408. The van der Waals surface area contributed by atoms with Crippen molar-refractivity contribution < 1.29 is 8.83 Å². The van der Waals surface area contributed by atoms with E-state index in [-0.39, 0.29) is 0 Å². The van der Waals surface area contributed by atoms with E-state index < -0.39 is 0 Å². The molecule has 5 heteroatoms. The Morgan fingerprint density at radius 1 is 0.389 bits per heavy atom. The molecule has 1 aliphatic carbocycles. The molecule has 0 fully saturated rings. The minimum atomic E-state index is 0.594. The lowest BCUT2D eigenvalue weighted by atomic mass is 9.88. The van der Waals surface area contributed by atoms with Crippen molar-refractivity contribution in [1.29, 1.82) is 0 Å². The van der Waals surface area contributed by atoms with Crippen LogP contribution in [0.4, 0.5) is 0 Å². The Hall–Kier alpha value is -7.11. The van der Waals surface area contributed by atoms with Crippen molar-refractivity contribution in [1.82, 2.24) is 15.0 Å². The molecule has 254 valence electrons. The van der Waals surface area contributed by atoms with Gasteiger partial charge in [-0.3, -0.25) is 0 Å². The number of nitrogens with zero attached hydrogens (tertiary/aromatic N) is 3. The molecule has 54 heavy (non-hydrogen) atoms. The Balaban J connectivity index is 1.02. The third-order valence-electron chi connectivity index (χ3n) is 10.6. The third-order valence-corrected chi connectivity index (χ3v) is 10.6. The topological polar surface area (TPSA) is 65.0 Å². The lowest BCUT2D eigenvalue weighted by molar-refractivity contribution is 0.545. The molecule has 0 saturated heterocycles. The van der Waals surface area contributed by atoms with Crippen molar-refractivity contribution in [3.8, 4) is 45.3 Å². The Kier molecular flexibility index (Phi) is 6.92. The number of para-hydroxylation sites is 1. The predicted molar refractivity (Wildman–Crippen MR) is 218 cm³/mol. The minimum absolute atomic E-state index is 0.594. The molecule has 0 radical (unpaired) electrons. The molecule has 11 rings (SSSR count). The van der Waals surface area contributed by atoms with Gasteiger partial charge in [-0.15, -0.1) is 0 Å². The van der Waals surface area contributed by atoms with E-state index >= 15 is 0 Å². The molecule has 3 heterocycles. The summed E-state index contributed by atoms with van der Waals surface area (Å²) in [6, 6.07) is 54.6. The number of hydrogen-bond donors (Lipinski definition) is 0. The van der Waals surface area contributed by atoms with Crippen LogP contribution in [0.2, 0.25) is 0 Å². The summed E-state index contributed by atoms with van der Waals surface area (Å²) in [6.07, 6.45) is 4.18. The van der Waals surface area contributed by atoms with Gasteiger partial charge in [-0.05, 0) is 81.9 Å². The van der Waals surface area contributed by atoms with Crippen LogP contribution >= 0.6 is 0 Å². The van der Waals surface area contributed by atoms with Crippen LogP contribution < -0.4 is 0 Å². The highest BCUT2D eigenvalue weighted by atomic mass is 16.3. The van der Waals surface area contributed by atoms with Gasteiger partial charge in [0, 0.05) is 44.8 Å². The van der Waals surface area contributed by atoms with Crippen molar-refractivity contribution in [3.63, 3.8) is 0 Å². The number of furan rings is 2. The summed E-state index contributed by atoms with van der Waals surface area (Å²) >= 11 is 0. The number of hydrogen-bond acceptors (Lipinski definition) is 5. The smallest absolute Gasteiger partial charge is 0.164 e. The molecule has 7 aromatic carbocycles. The van der Waals surface area contributed by atoms with E-state index in [4.69, 9.17) is 23.8 Å². The lowest BCUT2D eigenvalue weighted by Crippen LogP contribution is -2.00. The fourth-order valence-electron chi connectivity index (χ4n) is 7.91. The number of fused-ring (bicyclic) bond motifs is 7. The standard InChI is InChI=1S/C49H31N3O2/c1-3-10-30(11-4-1)33-23-25-43-41(28-33)46-38(15-9-17-44(46)53-43)34-20-18-31-19-21-35(27-37(31)26-34)48-50-47(32-12-5-2-6-13-32)51-49(52-48)36-22-24-40-39-14-7-8-16-42(39)54-45(40)29-36/h1-8,10-16,18-29H,9,17H2. The first-order valence-corrected chi connectivity index (χ1v) is 18.3. The monoisotopic (exact) mass is 693 g/mol. The van der Waals surface area contributed by atoms with Crippen molar-refractivity contribution in [3.05, 3.63) is 181 Å². The number of allylic oxidation sites excluding steroid dienone is 1. The van der Waals surface area contributed by atoms with Crippen LogP contribution in [0.25, 0.3) is 94.5 Å². The zero-order valence-corrected chi connectivity index (χ0v) is 29.2. The molecule has 3 aromatic heterocycles. The fourth-order valence-corrected chi connectivity index (χ4v) is 7.91. The van der Waals surface area contributed by atoms with Crippen molar-refractivity contribution in [2.75, 3.05) is 0 Å². The second kappa shape index (κ2) is 12.2. The maximum absolute atomic E-state index is 6.46. The molecule has 1 aliphatic rings. The molecule has 0 bridgehead atoms. The van der Waals surface area contributed by atoms with Crippen LogP contribution in [0.15, 0.2) is 173 Å². The van der Waals surface area contributed by atoms with Gasteiger partial charge in [0.05, 0.1) is 0 Å². The molecule has 0 spiro atoms. The average Bonchev–Trinajstić information content (AvgIpc) is 3.81. The number of aryl methyl sites for hydroxylation is 1. The van der Waals surface area contributed by atoms with Gasteiger partial charge in [0.25, 0.3) is 0 Å².